The van der Waals surface area contributed by atoms with Gasteiger partial charge < -0.3 is 21.3 Å². The average molecular weight is 246 g/mol. The zero-order chi connectivity index (χ0) is 12.9. The van der Waals surface area contributed by atoms with Crippen molar-refractivity contribution in [3.8, 4) is 0 Å². The molecule has 1 aromatic rings. The lowest BCUT2D eigenvalue weighted by molar-refractivity contribution is -0.119. The highest BCUT2D eigenvalue weighted by Gasteiger charge is 2.30. The topological polar surface area (TPSA) is 82.3 Å². The number of hydrogen-bond donors (Lipinski definition) is 4. The number of benzene rings is 1. The molecule has 0 fully saturated rings. The van der Waals surface area contributed by atoms with Gasteiger partial charge >= 0.3 is 0 Å². The number of hydrogen-bond acceptors (Lipinski definition) is 4. The van der Waals surface area contributed by atoms with E-state index in [4.69, 9.17) is 0 Å². The molecule has 0 aliphatic carbocycles. The van der Waals surface area contributed by atoms with Gasteiger partial charge in [0.05, 0.1) is 17.3 Å². The second-order valence-corrected chi connectivity index (χ2v) is 4.62. The fraction of sp³-hybridized carbons (Fsp3) is 0.333. The second-order valence-electron chi connectivity index (χ2n) is 4.62. The third-order valence-electron chi connectivity index (χ3n) is 3.25. The zero-order valence-corrected chi connectivity index (χ0v) is 10.1. The highest BCUT2D eigenvalue weighted by Crippen LogP contribution is 2.40. The van der Waals surface area contributed by atoms with Gasteiger partial charge in [-0.25, -0.2) is 0 Å². The van der Waals surface area contributed by atoms with Crippen LogP contribution in [0, 0.1) is 0 Å². The summed E-state index contributed by atoms with van der Waals surface area (Å²) in [4.78, 5) is 22.6. The van der Waals surface area contributed by atoms with E-state index in [2.05, 4.69) is 21.3 Å². The Balaban J connectivity index is 1.89. The first-order chi connectivity index (χ1) is 8.54. The lowest BCUT2D eigenvalue weighted by Gasteiger charge is -2.12. The highest BCUT2D eigenvalue weighted by molar-refractivity contribution is 6.04. The minimum Gasteiger partial charge on any atom is -0.347 e. The highest BCUT2D eigenvalue weighted by atomic mass is 16.2. The number of carbonyl (C=O) groups excluding carboxylic acids is 2. The SMILES string of the molecule is CC(=O)NC1Nc2cc3c(cc2N1)C(C)C(=O)N3. The molecule has 0 saturated carbocycles. The number of carbonyl (C=O) groups is 2. The van der Waals surface area contributed by atoms with Crippen LogP contribution in [0.1, 0.15) is 25.3 Å². The summed E-state index contributed by atoms with van der Waals surface area (Å²) in [7, 11) is 0. The third-order valence-corrected chi connectivity index (χ3v) is 3.25. The molecule has 0 aromatic heterocycles. The summed E-state index contributed by atoms with van der Waals surface area (Å²) in [5.41, 5.74) is 3.60. The van der Waals surface area contributed by atoms with E-state index in [1.807, 2.05) is 19.1 Å². The third kappa shape index (κ3) is 1.57. The van der Waals surface area contributed by atoms with Gasteiger partial charge in [-0.3, -0.25) is 9.59 Å². The first-order valence-corrected chi connectivity index (χ1v) is 5.83. The molecule has 2 aliphatic heterocycles. The van der Waals surface area contributed by atoms with E-state index in [-0.39, 0.29) is 24.0 Å². The van der Waals surface area contributed by atoms with Crippen molar-refractivity contribution < 1.29 is 9.59 Å². The Morgan fingerprint density at radius 3 is 2.56 bits per heavy atom. The Kier molecular flexibility index (Phi) is 2.19. The maximum atomic E-state index is 11.6. The predicted molar refractivity (Wildman–Crippen MR) is 68.3 cm³/mol. The van der Waals surface area contributed by atoms with Crippen LogP contribution in [0.25, 0.3) is 0 Å². The van der Waals surface area contributed by atoms with Gasteiger partial charge in [0.25, 0.3) is 0 Å². The van der Waals surface area contributed by atoms with E-state index in [1.54, 1.807) is 0 Å². The molecule has 94 valence electrons. The number of fused-ring (bicyclic) bond motifs is 2. The van der Waals surface area contributed by atoms with Crippen LogP contribution < -0.4 is 21.3 Å². The molecule has 18 heavy (non-hydrogen) atoms. The molecule has 3 rings (SSSR count). The smallest absolute Gasteiger partial charge is 0.231 e. The normalized spacial score (nSPS) is 23.6. The molecular formula is C12H14N4O2. The van der Waals surface area contributed by atoms with Crippen LogP contribution in [0.15, 0.2) is 12.1 Å². The van der Waals surface area contributed by atoms with Gasteiger partial charge in [-0.05, 0) is 24.6 Å². The van der Waals surface area contributed by atoms with Crippen LogP contribution in [-0.4, -0.2) is 18.1 Å². The van der Waals surface area contributed by atoms with Gasteiger partial charge in [0.1, 0.15) is 0 Å². The zero-order valence-electron chi connectivity index (χ0n) is 10.1. The van der Waals surface area contributed by atoms with Crippen molar-refractivity contribution in [2.75, 3.05) is 16.0 Å². The molecule has 6 nitrogen and oxygen atoms in total. The molecule has 0 bridgehead atoms. The average Bonchev–Trinajstić information content (AvgIpc) is 2.77. The maximum Gasteiger partial charge on any atom is 0.231 e. The van der Waals surface area contributed by atoms with Crippen LogP contribution in [-0.2, 0) is 9.59 Å². The first-order valence-electron chi connectivity index (χ1n) is 5.83. The van der Waals surface area contributed by atoms with Crippen molar-refractivity contribution in [2.45, 2.75) is 26.1 Å². The molecule has 2 heterocycles. The van der Waals surface area contributed by atoms with Gasteiger partial charge in [0.2, 0.25) is 11.8 Å². The quantitative estimate of drug-likeness (QED) is 0.596. The molecule has 0 radical (unpaired) electrons. The molecule has 1 aromatic carbocycles. The first kappa shape index (κ1) is 10.9. The summed E-state index contributed by atoms with van der Waals surface area (Å²) in [5, 5.41) is 11.9. The summed E-state index contributed by atoms with van der Waals surface area (Å²) in [5.74, 6) is -0.221. The Hall–Kier alpha value is -2.24. The molecular weight excluding hydrogens is 232 g/mol. The van der Waals surface area contributed by atoms with Crippen molar-refractivity contribution in [2.24, 2.45) is 0 Å². The summed E-state index contributed by atoms with van der Waals surface area (Å²) in [6.45, 7) is 3.34. The van der Waals surface area contributed by atoms with Gasteiger partial charge in [-0.2, -0.15) is 0 Å². The van der Waals surface area contributed by atoms with Crippen LogP contribution in [0.2, 0.25) is 0 Å². The predicted octanol–water partition coefficient (Wildman–Crippen LogP) is 0.999. The molecule has 2 amide bonds. The fourth-order valence-corrected chi connectivity index (χ4v) is 2.33. The lowest BCUT2D eigenvalue weighted by atomic mass is 10.0. The number of nitrogens with one attached hydrogen (secondary N) is 4. The van der Waals surface area contributed by atoms with Crippen LogP contribution >= 0.6 is 0 Å². The molecule has 2 atom stereocenters. The van der Waals surface area contributed by atoms with Gasteiger partial charge in [-0.15, -0.1) is 0 Å². The van der Waals surface area contributed by atoms with Crippen molar-refractivity contribution in [1.29, 1.82) is 0 Å². The Morgan fingerprint density at radius 1 is 1.22 bits per heavy atom. The standard InChI is InChI=1S/C12H14N4O2/c1-5-7-3-9-10(4-8(7)14-11(5)18)16-12(15-9)13-6(2)17/h3-5,12,15-16H,1-2H3,(H,13,17)(H,14,18). The minimum atomic E-state index is -0.300. The Labute approximate surface area is 104 Å². The van der Waals surface area contributed by atoms with Gasteiger partial charge in [-0.1, -0.05) is 0 Å². The number of rotatable bonds is 1. The molecule has 0 spiro atoms. The van der Waals surface area contributed by atoms with Crippen LogP contribution in [0.4, 0.5) is 17.1 Å². The van der Waals surface area contributed by atoms with E-state index in [0.29, 0.717) is 0 Å². The monoisotopic (exact) mass is 246 g/mol. The molecule has 6 heteroatoms. The molecule has 4 N–H and O–H groups in total. The van der Waals surface area contributed by atoms with E-state index in [0.717, 1.165) is 22.6 Å². The Morgan fingerprint density at radius 2 is 1.89 bits per heavy atom. The second kappa shape index (κ2) is 3.63. The summed E-state index contributed by atoms with van der Waals surface area (Å²) in [6.07, 6.45) is -0.300. The van der Waals surface area contributed by atoms with Gasteiger partial charge in [0, 0.05) is 12.6 Å². The van der Waals surface area contributed by atoms with Crippen LogP contribution in [0.5, 0.6) is 0 Å². The Bertz CT molecular complexity index is 555. The molecule has 2 unspecified atom stereocenters. The van der Waals surface area contributed by atoms with Crippen molar-refractivity contribution >= 4 is 28.9 Å². The summed E-state index contributed by atoms with van der Waals surface area (Å²) < 4.78 is 0. The van der Waals surface area contributed by atoms with Crippen LogP contribution in [0.3, 0.4) is 0 Å². The van der Waals surface area contributed by atoms with E-state index in [1.165, 1.54) is 6.92 Å². The molecule has 0 saturated heterocycles. The van der Waals surface area contributed by atoms with E-state index in [9.17, 15) is 9.59 Å². The number of anilines is 3. The number of amides is 2. The lowest BCUT2D eigenvalue weighted by Crippen LogP contribution is -2.41. The molecule has 2 aliphatic rings. The van der Waals surface area contributed by atoms with Gasteiger partial charge in [0.15, 0.2) is 6.29 Å². The summed E-state index contributed by atoms with van der Waals surface area (Å²) in [6, 6.07) is 3.84. The van der Waals surface area contributed by atoms with Crippen molar-refractivity contribution in [1.82, 2.24) is 5.32 Å². The van der Waals surface area contributed by atoms with E-state index >= 15 is 0 Å². The minimum absolute atomic E-state index is 0.0204. The van der Waals surface area contributed by atoms with Crippen molar-refractivity contribution in [3.05, 3.63) is 17.7 Å². The van der Waals surface area contributed by atoms with E-state index < -0.39 is 0 Å². The summed E-state index contributed by atoms with van der Waals surface area (Å²) >= 11 is 0. The fourth-order valence-electron chi connectivity index (χ4n) is 2.33. The maximum absolute atomic E-state index is 11.6. The largest absolute Gasteiger partial charge is 0.347 e. The van der Waals surface area contributed by atoms with Crippen molar-refractivity contribution in [3.63, 3.8) is 0 Å².